The summed E-state index contributed by atoms with van der Waals surface area (Å²) in [6.07, 6.45) is 5.02. The number of likely N-dealkylation sites (tertiary alicyclic amines) is 1. The number of carbonyl (C=O) groups excluding carboxylic acids is 1. The van der Waals surface area contributed by atoms with E-state index in [1.165, 1.54) is 22.5 Å². The molecule has 39 heavy (non-hydrogen) atoms. The molecule has 1 amide bonds. The third kappa shape index (κ3) is 5.66. The van der Waals surface area contributed by atoms with E-state index in [2.05, 4.69) is 0 Å². The molecule has 1 N–H and O–H groups in total. The molecule has 2 heterocycles. The molecule has 2 aromatic rings. The standard InChI is InChI=1S/C28H33ClF2N2O5S/c29-23-18-21(31)10-11-25(23)39(36,37)33-24(19-5-3-6-20(30)17-19)8-4-9-26(33)28(13-14-28)38-27(35)32-15-2-1-7-22(32)12-16-34/h3,5-6,10-11,17-18,22,24,26,34H,1-2,4,7-9,12-16H2/t22?,24-,26+/m0/s1. The molecule has 11 heteroatoms. The summed E-state index contributed by atoms with van der Waals surface area (Å²) in [6, 6.07) is 7.41. The van der Waals surface area contributed by atoms with Crippen molar-refractivity contribution < 1.29 is 31.8 Å². The number of aliphatic hydroxyl groups excluding tert-OH is 1. The minimum Gasteiger partial charge on any atom is -0.441 e. The van der Waals surface area contributed by atoms with Crippen LogP contribution >= 0.6 is 11.6 Å². The van der Waals surface area contributed by atoms with E-state index < -0.39 is 45.4 Å². The second-order valence-electron chi connectivity index (χ2n) is 10.7. The fraction of sp³-hybridized carbons (Fsp3) is 0.536. The van der Waals surface area contributed by atoms with E-state index in [9.17, 15) is 27.1 Å². The highest BCUT2D eigenvalue weighted by Gasteiger charge is 2.60. The zero-order valence-electron chi connectivity index (χ0n) is 21.6. The predicted octanol–water partition coefficient (Wildman–Crippen LogP) is 5.81. The molecule has 0 spiro atoms. The van der Waals surface area contributed by atoms with Crippen molar-refractivity contribution in [2.75, 3.05) is 13.2 Å². The Labute approximate surface area is 232 Å². The van der Waals surface area contributed by atoms with Gasteiger partial charge >= 0.3 is 6.09 Å². The molecule has 3 aliphatic rings. The van der Waals surface area contributed by atoms with Crippen LogP contribution in [0.2, 0.25) is 5.02 Å². The van der Waals surface area contributed by atoms with Crippen LogP contribution < -0.4 is 0 Å². The van der Waals surface area contributed by atoms with Gasteiger partial charge in [-0.2, -0.15) is 4.31 Å². The van der Waals surface area contributed by atoms with Crippen LogP contribution in [0.3, 0.4) is 0 Å². The molecule has 212 valence electrons. The number of rotatable bonds is 7. The van der Waals surface area contributed by atoms with Gasteiger partial charge in [0.15, 0.2) is 0 Å². The number of amides is 1. The number of hydrogen-bond acceptors (Lipinski definition) is 5. The van der Waals surface area contributed by atoms with Gasteiger partial charge in [-0.25, -0.2) is 22.0 Å². The Bertz CT molecular complexity index is 1320. The van der Waals surface area contributed by atoms with Crippen molar-refractivity contribution in [2.24, 2.45) is 0 Å². The lowest BCUT2D eigenvalue weighted by atomic mass is 9.90. The maximum Gasteiger partial charge on any atom is 0.410 e. The highest BCUT2D eigenvalue weighted by molar-refractivity contribution is 7.89. The number of nitrogens with zero attached hydrogens (tertiary/aromatic N) is 2. The molecule has 7 nitrogen and oxygen atoms in total. The summed E-state index contributed by atoms with van der Waals surface area (Å²) in [4.78, 5) is 14.8. The van der Waals surface area contributed by atoms with Gasteiger partial charge in [0.2, 0.25) is 10.0 Å². The van der Waals surface area contributed by atoms with Gasteiger partial charge < -0.3 is 14.7 Å². The van der Waals surface area contributed by atoms with Gasteiger partial charge in [-0.3, -0.25) is 0 Å². The molecule has 3 atom stereocenters. The molecule has 0 radical (unpaired) electrons. The molecule has 1 unspecified atom stereocenters. The van der Waals surface area contributed by atoms with E-state index in [1.807, 2.05) is 0 Å². The third-order valence-electron chi connectivity index (χ3n) is 8.22. The molecule has 0 bridgehead atoms. The topological polar surface area (TPSA) is 87.2 Å². The van der Waals surface area contributed by atoms with Crippen LogP contribution in [-0.2, 0) is 14.8 Å². The molecular formula is C28H33ClF2N2O5S. The summed E-state index contributed by atoms with van der Waals surface area (Å²) in [5.74, 6) is -1.15. The van der Waals surface area contributed by atoms with Crippen molar-refractivity contribution in [1.29, 1.82) is 0 Å². The van der Waals surface area contributed by atoms with Gasteiger partial charge in [-0.15, -0.1) is 0 Å². The summed E-state index contributed by atoms with van der Waals surface area (Å²) in [6.45, 7) is 0.478. The molecule has 3 fully saturated rings. The smallest absolute Gasteiger partial charge is 0.410 e. The van der Waals surface area contributed by atoms with Crippen LogP contribution in [-0.4, -0.2) is 59.7 Å². The Balaban J connectivity index is 1.52. The van der Waals surface area contributed by atoms with Crippen molar-refractivity contribution in [2.45, 2.75) is 86.4 Å². The van der Waals surface area contributed by atoms with Crippen molar-refractivity contribution in [3.05, 3.63) is 64.7 Å². The summed E-state index contributed by atoms with van der Waals surface area (Å²) < 4.78 is 64.1. The van der Waals surface area contributed by atoms with Crippen molar-refractivity contribution >= 4 is 27.7 Å². The third-order valence-corrected chi connectivity index (χ3v) is 10.6. The first-order valence-electron chi connectivity index (χ1n) is 13.5. The van der Waals surface area contributed by atoms with Gasteiger partial charge in [-0.05, 0) is 93.7 Å². The zero-order chi connectivity index (χ0) is 27.8. The molecule has 1 aliphatic carbocycles. The number of piperidine rings is 2. The van der Waals surface area contributed by atoms with E-state index in [-0.39, 0.29) is 22.6 Å². The highest BCUT2D eigenvalue weighted by Crippen LogP contribution is 2.53. The van der Waals surface area contributed by atoms with E-state index in [0.717, 1.165) is 37.5 Å². The van der Waals surface area contributed by atoms with Crippen molar-refractivity contribution in [3.8, 4) is 0 Å². The van der Waals surface area contributed by atoms with Crippen LogP contribution in [0, 0.1) is 11.6 Å². The molecule has 1 saturated carbocycles. The average Bonchev–Trinajstić information content (AvgIpc) is 3.69. The second-order valence-corrected chi connectivity index (χ2v) is 12.9. The van der Waals surface area contributed by atoms with E-state index in [0.29, 0.717) is 50.6 Å². The lowest BCUT2D eigenvalue weighted by molar-refractivity contribution is -0.0189. The Hall–Kier alpha value is -2.27. The molecule has 5 rings (SSSR count). The first-order valence-corrected chi connectivity index (χ1v) is 15.3. The largest absolute Gasteiger partial charge is 0.441 e. The van der Waals surface area contributed by atoms with Gasteiger partial charge in [0.1, 0.15) is 22.1 Å². The zero-order valence-corrected chi connectivity index (χ0v) is 23.1. The molecular weight excluding hydrogens is 550 g/mol. The number of benzene rings is 2. The van der Waals surface area contributed by atoms with E-state index >= 15 is 0 Å². The van der Waals surface area contributed by atoms with Crippen LogP contribution in [0.5, 0.6) is 0 Å². The predicted molar refractivity (Wildman–Crippen MR) is 142 cm³/mol. The maximum absolute atomic E-state index is 14.3. The van der Waals surface area contributed by atoms with Crippen molar-refractivity contribution in [1.82, 2.24) is 9.21 Å². The number of ether oxygens (including phenoxy) is 1. The summed E-state index contributed by atoms with van der Waals surface area (Å²) in [5, 5.41) is 9.23. The first-order chi connectivity index (χ1) is 18.7. The van der Waals surface area contributed by atoms with Crippen LogP contribution in [0.4, 0.5) is 13.6 Å². The van der Waals surface area contributed by atoms with Gasteiger partial charge in [0, 0.05) is 19.2 Å². The maximum atomic E-state index is 14.3. The number of carbonyl (C=O) groups is 1. The quantitative estimate of drug-likeness (QED) is 0.445. The van der Waals surface area contributed by atoms with E-state index in [4.69, 9.17) is 16.3 Å². The number of aliphatic hydroxyl groups is 1. The Morgan fingerprint density at radius 3 is 2.51 bits per heavy atom. The first kappa shape index (κ1) is 28.3. The van der Waals surface area contributed by atoms with E-state index in [1.54, 1.807) is 11.0 Å². The summed E-state index contributed by atoms with van der Waals surface area (Å²) >= 11 is 6.24. The second kappa shape index (κ2) is 11.3. The molecule has 0 aromatic heterocycles. The Morgan fingerprint density at radius 2 is 1.82 bits per heavy atom. The normalized spacial score (nSPS) is 25.3. The lowest BCUT2D eigenvalue weighted by Crippen LogP contribution is -2.55. The van der Waals surface area contributed by atoms with Gasteiger partial charge in [0.05, 0.1) is 17.1 Å². The van der Waals surface area contributed by atoms with Gasteiger partial charge in [-0.1, -0.05) is 23.7 Å². The minimum absolute atomic E-state index is 0.0397. The van der Waals surface area contributed by atoms with Crippen molar-refractivity contribution in [3.63, 3.8) is 0 Å². The van der Waals surface area contributed by atoms with Gasteiger partial charge in [0.25, 0.3) is 0 Å². The minimum atomic E-state index is -4.32. The Kier molecular flexibility index (Phi) is 8.20. The number of halogens is 3. The molecule has 2 aromatic carbocycles. The van der Waals surface area contributed by atoms with Crippen LogP contribution in [0.25, 0.3) is 0 Å². The summed E-state index contributed by atoms with van der Waals surface area (Å²) in [5.41, 5.74) is -0.549. The number of hydrogen-bond donors (Lipinski definition) is 1. The highest BCUT2D eigenvalue weighted by atomic mass is 35.5. The fourth-order valence-electron chi connectivity index (χ4n) is 6.18. The fourth-order valence-corrected chi connectivity index (χ4v) is 8.61. The number of sulfonamides is 1. The van der Waals surface area contributed by atoms with Crippen LogP contribution in [0.15, 0.2) is 47.4 Å². The SMILES string of the molecule is O=C(OC1([C@H]2CCC[C@@H](c3cccc(F)c3)N2S(=O)(=O)c2ccc(F)cc2Cl)CC1)N1CCCCC1CCO. The molecule has 2 aliphatic heterocycles. The van der Waals surface area contributed by atoms with Crippen LogP contribution in [0.1, 0.15) is 69.4 Å². The lowest BCUT2D eigenvalue weighted by Gasteiger charge is -2.45. The average molecular weight is 583 g/mol. The molecule has 2 saturated heterocycles. The Morgan fingerprint density at radius 1 is 1.05 bits per heavy atom. The summed E-state index contributed by atoms with van der Waals surface area (Å²) in [7, 11) is -4.32. The monoisotopic (exact) mass is 582 g/mol.